The first kappa shape index (κ1) is 22.7. The minimum absolute atomic E-state index is 0.0962. The first-order valence-corrected chi connectivity index (χ1v) is 12.2. The van der Waals surface area contributed by atoms with Crippen LogP contribution in [0.3, 0.4) is 0 Å². The van der Waals surface area contributed by atoms with Gasteiger partial charge in [-0.1, -0.05) is 72.8 Å². The van der Waals surface area contributed by atoms with Crippen LogP contribution in [-0.2, 0) is 0 Å². The molecule has 1 aliphatic heterocycles. The van der Waals surface area contributed by atoms with Gasteiger partial charge in [-0.05, 0) is 35.9 Å². The van der Waals surface area contributed by atoms with E-state index in [9.17, 15) is 0 Å². The lowest BCUT2D eigenvalue weighted by Crippen LogP contribution is -2.21. The molecule has 6 rings (SSSR count). The number of fused-ring (bicyclic) bond motifs is 1. The van der Waals surface area contributed by atoms with Crippen LogP contribution in [0.25, 0.3) is 22.2 Å². The van der Waals surface area contributed by atoms with E-state index in [-0.39, 0.29) is 6.04 Å². The van der Waals surface area contributed by atoms with Gasteiger partial charge in [-0.15, -0.1) is 0 Å². The average Bonchev–Trinajstić information content (AvgIpc) is 3.43. The Morgan fingerprint density at radius 2 is 1.41 bits per heavy atom. The summed E-state index contributed by atoms with van der Waals surface area (Å²) in [4.78, 5) is 10.1. The standard InChI is InChI=1S/C31H26N4O2/c1-36-24-14-8-12-22(18-24)28-20-29(23-13-9-15-25(19-23)37-2)35(34-28)31-32-27-17-7-6-16-26(27)30(33-31)21-10-4-3-5-11-21/h3-19,29H,20H2,1-2H3/t29-/m0/s1. The van der Waals surface area contributed by atoms with Crippen molar-refractivity contribution in [1.82, 2.24) is 9.97 Å². The molecule has 0 N–H and O–H groups in total. The molecule has 1 aliphatic rings. The van der Waals surface area contributed by atoms with Crippen LogP contribution in [0.1, 0.15) is 23.6 Å². The van der Waals surface area contributed by atoms with Crippen molar-refractivity contribution in [2.75, 3.05) is 19.2 Å². The number of benzene rings is 4. The van der Waals surface area contributed by atoms with Gasteiger partial charge in [-0.3, -0.25) is 0 Å². The zero-order chi connectivity index (χ0) is 25.2. The van der Waals surface area contributed by atoms with Gasteiger partial charge in [0.25, 0.3) is 0 Å². The topological polar surface area (TPSA) is 59.8 Å². The van der Waals surface area contributed by atoms with E-state index in [1.807, 2.05) is 71.7 Å². The molecule has 182 valence electrons. The summed E-state index contributed by atoms with van der Waals surface area (Å²) in [7, 11) is 3.36. The molecular weight excluding hydrogens is 460 g/mol. The van der Waals surface area contributed by atoms with Crippen molar-refractivity contribution in [1.29, 1.82) is 0 Å². The van der Waals surface area contributed by atoms with Crippen LogP contribution in [0.15, 0.2) is 108 Å². The van der Waals surface area contributed by atoms with Crippen molar-refractivity contribution in [3.63, 3.8) is 0 Å². The Balaban J connectivity index is 1.52. The van der Waals surface area contributed by atoms with E-state index in [1.54, 1.807) is 14.2 Å². The highest BCUT2D eigenvalue weighted by molar-refractivity contribution is 6.03. The molecule has 2 heterocycles. The van der Waals surface area contributed by atoms with E-state index in [4.69, 9.17) is 24.5 Å². The zero-order valence-electron chi connectivity index (χ0n) is 20.7. The van der Waals surface area contributed by atoms with Crippen LogP contribution in [0.4, 0.5) is 5.95 Å². The molecule has 6 nitrogen and oxygen atoms in total. The van der Waals surface area contributed by atoms with Crippen LogP contribution in [0.2, 0.25) is 0 Å². The van der Waals surface area contributed by atoms with Crippen molar-refractivity contribution in [3.8, 4) is 22.8 Å². The van der Waals surface area contributed by atoms with E-state index in [1.165, 1.54) is 0 Å². The second kappa shape index (κ2) is 9.74. The minimum Gasteiger partial charge on any atom is -0.497 e. The number of hydrazone groups is 1. The Hall–Kier alpha value is -4.71. The Morgan fingerprint density at radius 3 is 2.22 bits per heavy atom. The molecule has 0 saturated carbocycles. The number of nitrogens with zero attached hydrogens (tertiary/aromatic N) is 4. The van der Waals surface area contributed by atoms with Gasteiger partial charge in [-0.2, -0.15) is 5.10 Å². The summed E-state index contributed by atoms with van der Waals surface area (Å²) in [5.41, 5.74) is 5.84. The second-order valence-electron chi connectivity index (χ2n) is 8.88. The van der Waals surface area contributed by atoms with E-state index in [0.717, 1.165) is 50.5 Å². The molecule has 0 unspecified atom stereocenters. The predicted molar refractivity (Wildman–Crippen MR) is 147 cm³/mol. The number of rotatable bonds is 6. The van der Waals surface area contributed by atoms with Crippen molar-refractivity contribution < 1.29 is 9.47 Å². The molecular formula is C31H26N4O2. The lowest BCUT2D eigenvalue weighted by Gasteiger charge is -2.23. The quantitative estimate of drug-likeness (QED) is 0.268. The summed E-state index contributed by atoms with van der Waals surface area (Å²) in [5, 5.41) is 8.04. The fraction of sp³-hybridized carbons (Fsp3) is 0.129. The number of hydrogen-bond acceptors (Lipinski definition) is 6. The SMILES string of the molecule is COc1cccc(C2=NN(c3nc(-c4ccccc4)c4ccccc4n3)[C@H](c3cccc(OC)c3)C2)c1. The van der Waals surface area contributed by atoms with E-state index in [0.29, 0.717) is 12.4 Å². The van der Waals surface area contributed by atoms with Crippen LogP contribution in [-0.4, -0.2) is 29.9 Å². The molecule has 37 heavy (non-hydrogen) atoms. The monoisotopic (exact) mass is 486 g/mol. The van der Waals surface area contributed by atoms with Crippen LogP contribution >= 0.6 is 0 Å². The molecule has 0 amide bonds. The molecule has 0 aliphatic carbocycles. The van der Waals surface area contributed by atoms with Gasteiger partial charge in [-0.25, -0.2) is 15.0 Å². The first-order valence-electron chi connectivity index (χ1n) is 12.2. The number of ether oxygens (including phenoxy) is 2. The van der Waals surface area contributed by atoms with Gasteiger partial charge in [0, 0.05) is 22.9 Å². The smallest absolute Gasteiger partial charge is 0.247 e. The molecule has 5 aromatic rings. The van der Waals surface area contributed by atoms with Gasteiger partial charge in [0.2, 0.25) is 5.95 Å². The van der Waals surface area contributed by atoms with Crippen molar-refractivity contribution >= 4 is 22.6 Å². The molecule has 6 heteroatoms. The lowest BCUT2D eigenvalue weighted by atomic mass is 9.98. The van der Waals surface area contributed by atoms with Gasteiger partial charge in [0.15, 0.2) is 0 Å². The Kier molecular flexibility index (Phi) is 5.98. The van der Waals surface area contributed by atoms with Crippen LogP contribution in [0, 0.1) is 0 Å². The Morgan fingerprint density at radius 1 is 0.703 bits per heavy atom. The number of aromatic nitrogens is 2. The van der Waals surface area contributed by atoms with E-state index < -0.39 is 0 Å². The van der Waals surface area contributed by atoms with Crippen molar-refractivity contribution in [3.05, 3.63) is 114 Å². The molecule has 0 bridgehead atoms. The number of hydrogen-bond donors (Lipinski definition) is 0. The lowest BCUT2D eigenvalue weighted by molar-refractivity contribution is 0.413. The van der Waals surface area contributed by atoms with Gasteiger partial charge in [0.05, 0.1) is 37.2 Å². The third-order valence-electron chi connectivity index (χ3n) is 6.64. The third kappa shape index (κ3) is 4.38. The summed E-state index contributed by atoms with van der Waals surface area (Å²) in [5.74, 6) is 2.16. The minimum atomic E-state index is -0.0962. The normalized spacial score (nSPS) is 15.0. The maximum absolute atomic E-state index is 5.53. The summed E-state index contributed by atoms with van der Waals surface area (Å²) in [6, 6.07) is 34.4. The summed E-state index contributed by atoms with van der Waals surface area (Å²) < 4.78 is 11.0. The highest BCUT2D eigenvalue weighted by Crippen LogP contribution is 2.38. The second-order valence-corrected chi connectivity index (χ2v) is 8.88. The highest BCUT2D eigenvalue weighted by atomic mass is 16.5. The predicted octanol–water partition coefficient (Wildman–Crippen LogP) is 6.67. The summed E-state index contributed by atoms with van der Waals surface area (Å²) in [6.07, 6.45) is 0.692. The molecule has 0 spiro atoms. The Labute approximate surface area is 215 Å². The zero-order valence-corrected chi connectivity index (χ0v) is 20.7. The van der Waals surface area contributed by atoms with Crippen molar-refractivity contribution in [2.45, 2.75) is 12.5 Å². The maximum Gasteiger partial charge on any atom is 0.247 e. The molecule has 0 saturated heterocycles. The largest absolute Gasteiger partial charge is 0.497 e. The first-order chi connectivity index (χ1) is 18.2. The average molecular weight is 487 g/mol. The van der Waals surface area contributed by atoms with E-state index in [2.05, 4.69) is 36.4 Å². The van der Waals surface area contributed by atoms with Gasteiger partial charge in [0.1, 0.15) is 11.5 Å². The van der Waals surface area contributed by atoms with Crippen molar-refractivity contribution in [2.24, 2.45) is 5.10 Å². The van der Waals surface area contributed by atoms with Gasteiger partial charge < -0.3 is 9.47 Å². The summed E-state index contributed by atoms with van der Waals surface area (Å²) >= 11 is 0. The molecule has 1 aromatic heterocycles. The molecule has 4 aromatic carbocycles. The van der Waals surface area contributed by atoms with Crippen LogP contribution < -0.4 is 14.5 Å². The maximum atomic E-state index is 5.53. The number of anilines is 1. The van der Waals surface area contributed by atoms with Crippen LogP contribution in [0.5, 0.6) is 11.5 Å². The number of para-hydroxylation sites is 1. The third-order valence-corrected chi connectivity index (χ3v) is 6.64. The summed E-state index contributed by atoms with van der Waals surface area (Å²) in [6.45, 7) is 0. The molecule has 1 atom stereocenters. The fourth-order valence-corrected chi connectivity index (χ4v) is 4.76. The van der Waals surface area contributed by atoms with Gasteiger partial charge >= 0.3 is 0 Å². The number of methoxy groups -OCH3 is 2. The highest BCUT2D eigenvalue weighted by Gasteiger charge is 2.32. The molecule has 0 fully saturated rings. The molecule has 0 radical (unpaired) electrons. The Bertz CT molecular complexity index is 1600. The fourth-order valence-electron chi connectivity index (χ4n) is 4.76. The van der Waals surface area contributed by atoms with E-state index >= 15 is 0 Å².